The van der Waals surface area contributed by atoms with Crippen molar-refractivity contribution in [2.75, 3.05) is 66.2 Å². The number of rotatable bonds is 7. The van der Waals surface area contributed by atoms with Crippen molar-refractivity contribution in [1.82, 2.24) is 15.1 Å². The molecule has 1 aromatic rings. The number of aliphatic imine (C=N–C) groups is 1. The summed E-state index contributed by atoms with van der Waals surface area (Å²) in [5.41, 5.74) is 2.65. The minimum absolute atomic E-state index is 0.287. The number of aryl methyl sites for hydroxylation is 1. The third-order valence-electron chi connectivity index (χ3n) is 5.65. The Bertz CT molecular complexity index is 631. The zero-order valence-corrected chi connectivity index (χ0v) is 17.7. The van der Waals surface area contributed by atoms with E-state index in [1.807, 2.05) is 0 Å². The predicted molar refractivity (Wildman–Crippen MR) is 114 cm³/mol. The lowest BCUT2D eigenvalue weighted by Crippen LogP contribution is -2.43. The molecule has 0 saturated carbocycles. The number of nitrogens with one attached hydrogen (secondary N) is 1. The fourth-order valence-electron chi connectivity index (χ4n) is 4.19. The Morgan fingerprint density at radius 3 is 2.86 bits per heavy atom. The summed E-state index contributed by atoms with van der Waals surface area (Å²) >= 11 is 0. The van der Waals surface area contributed by atoms with Crippen molar-refractivity contribution in [3.05, 3.63) is 35.4 Å². The lowest BCUT2D eigenvalue weighted by atomic mass is 10.0. The fourth-order valence-corrected chi connectivity index (χ4v) is 4.19. The van der Waals surface area contributed by atoms with Gasteiger partial charge in [-0.05, 0) is 25.8 Å². The maximum Gasteiger partial charge on any atom is 0.193 e. The van der Waals surface area contributed by atoms with Crippen molar-refractivity contribution >= 4 is 5.96 Å². The SMILES string of the molecule is CCNC(=NCC(c1cccc(C)c1)N1CCOCC1)N1CCC(COC)C1. The van der Waals surface area contributed by atoms with Gasteiger partial charge in [-0.2, -0.15) is 0 Å². The summed E-state index contributed by atoms with van der Waals surface area (Å²) in [5.74, 6) is 1.63. The Morgan fingerprint density at radius 1 is 1.32 bits per heavy atom. The topological polar surface area (TPSA) is 49.3 Å². The molecule has 156 valence electrons. The van der Waals surface area contributed by atoms with Crippen LogP contribution < -0.4 is 5.32 Å². The number of benzene rings is 1. The van der Waals surface area contributed by atoms with E-state index in [2.05, 4.69) is 53.2 Å². The van der Waals surface area contributed by atoms with Gasteiger partial charge in [0.1, 0.15) is 0 Å². The maximum absolute atomic E-state index is 5.58. The number of morpholine rings is 1. The number of hydrogen-bond acceptors (Lipinski definition) is 4. The largest absolute Gasteiger partial charge is 0.384 e. The summed E-state index contributed by atoms with van der Waals surface area (Å²) in [4.78, 5) is 9.99. The van der Waals surface area contributed by atoms with Crippen LogP contribution in [-0.2, 0) is 9.47 Å². The van der Waals surface area contributed by atoms with E-state index in [-0.39, 0.29) is 6.04 Å². The molecule has 6 nitrogen and oxygen atoms in total. The first-order chi connectivity index (χ1) is 13.7. The van der Waals surface area contributed by atoms with Gasteiger partial charge in [-0.3, -0.25) is 9.89 Å². The molecule has 0 spiro atoms. The third kappa shape index (κ3) is 5.69. The van der Waals surface area contributed by atoms with Crippen molar-refractivity contribution in [3.8, 4) is 0 Å². The van der Waals surface area contributed by atoms with Gasteiger partial charge in [0.25, 0.3) is 0 Å². The molecule has 2 aliphatic heterocycles. The smallest absolute Gasteiger partial charge is 0.193 e. The maximum atomic E-state index is 5.58. The lowest BCUT2D eigenvalue weighted by molar-refractivity contribution is 0.0179. The van der Waals surface area contributed by atoms with E-state index >= 15 is 0 Å². The average Bonchev–Trinajstić information content (AvgIpc) is 3.17. The van der Waals surface area contributed by atoms with E-state index in [9.17, 15) is 0 Å². The lowest BCUT2D eigenvalue weighted by Gasteiger charge is -2.34. The average molecular weight is 389 g/mol. The van der Waals surface area contributed by atoms with Gasteiger partial charge in [0.15, 0.2) is 5.96 Å². The molecule has 2 heterocycles. The predicted octanol–water partition coefficient (Wildman–Crippen LogP) is 2.30. The molecular formula is C22H36N4O2. The van der Waals surface area contributed by atoms with E-state index < -0.39 is 0 Å². The van der Waals surface area contributed by atoms with Gasteiger partial charge < -0.3 is 19.7 Å². The molecule has 28 heavy (non-hydrogen) atoms. The van der Waals surface area contributed by atoms with Crippen LogP contribution in [0, 0.1) is 12.8 Å². The highest BCUT2D eigenvalue weighted by Gasteiger charge is 2.26. The van der Waals surface area contributed by atoms with Crippen LogP contribution in [0.5, 0.6) is 0 Å². The van der Waals surface area contributed by atoms with Crippen molar-refractivity contribution in [1.29, 1.82) is 0 Å². The molecular weight excluding hydrogens is 352 g/mol. The fraction of sp³-hybridized carbons (Fsp3) is 0.682. The number of likely N-dealkylation sites (tertiary alicyclic amines) is 1. The van der Waals surface area contributed by atoms with Crippen LogP contribution in [0.3, 0.4) is 0 Å². The molecule has 2 saturated heterocycles. The van der Waals surface area contributed by atoms with E-state index in [1.165, 1.54) is 17.5 Å². The van der Waals surface area contributed by atoms with Crippen LogP contribution in [-0.4, -0.2) is 82.0 Å². The van der Waals surface area contributed by atoms with Gasteiger partial charge in [-0.1, -0.05) is 29.8 Å². The molecule has 2 atom stereocenters. The highest BCUT2D eigenvalue weighted by atomic mass is 16.5. The minimum atomic E-state index is 0.287. The molecule has 0 radical (unpaired) electrons. The quantitative estimate of drug-likeness (QED) is 0.574. The van der Waals surface area contributed by atoms with Gasteiger partial charge in [-0.15, -0.1) is 0 Å². The number of ether oxygens (including phenoxy) is 2. The first-order valence-electron chi connectivity index (χ1n) is 10.6. The highest BCUT2D eigenvalue weighted by Crippen LogP contribution is 2.24. The van der Waals surface area contributed by atoms with E-state index in [0.717, 1.165) is 65.0 Å². The second kappa shape index (κ2) is 10.8. The van der Waals surface area contributed by atoms with E-state index in [4.69, 9.17) is 14.5 Å². The Balaban J connectivity index is 1.75. The summed E-state index contributed by atoms with van der Waals surface area (Å²) in [6.07, 6.45) is 1.17. The Labute approximate surface area is 169 Å². The van der Waals surface area contributed by atoms with Crippen LogP contribution in [0.15, 0.2) is 29.3 Å². The van der Waals surface area contributed by atoms with E-state index in [1.54, 1.807) is 7.11 Å². The third-order valence-corrected chi connectivity index (χ3v) is 5.65. The van der Waals surface area contributed by atoms with Crippen molar-refractivity contribution in [2.24, 2.45) is 10.9 Å². The van der Waals surface area contributed by atoms with Gasteiger partial charge in [0, 0.05) is 45.8 Å². The standard InChI is InChI=1S/C22H36N4O2/c1-4-23-22(26-9-8-19(16-26)17-27-3)24-15-21(25-10-12-28-13-11-25)20-7-5-6-18(2)14-20/h5-7,14,19,21H,4,8-13,15-17H2,1-3H3,(H,23,24). The first kappa shape index (κ1) is 21.1. The summed E-state index contributed by atoms with van der Waals surface area (Å²) in [7, 11) is 1.79. The van der Waals surface area contributed by atoms with Crippen molar-refractivity contribution < 1.29 is 9.47 Å². The second-order valence-corrected chi connectivity index (χ2v) is 7.83. The van der Waals surface area contributed by atoms with Gasteiger partial charge in [-0.25, -0.2) is 0 Å². The van der Waals surface area contributed by atoms with Crippen LogP contribution in [0.1, 0.15) is 30.5 Å². The molecule has 2 aliphatic rings. The molecule has 0 amide bonds. The molecule has 0 aliphatic carbocycles. The summed E-state index contributed by atoms with van der Waals surface area (Å²) in [5, 5.41) is 3.50. The molecule has 0 bridgehead atoms. The molecule has 0 aromatic heterocycles. The van der Waals surface area contributed by atoms with E-state index in [0.29, 0.717) is 5.92 Å². The van der Waals surface area contributed by atoms with Gasteiger partial charge >= 0.3 is 0 Å². The van der Waals surface area contributed by atoms with Crippen LogP contribution in [0.25, 0.3) is 0 Å². The number of guanidine groups is 1. The molecule has 6 heteroatoms. The molecule has 1 N–H and O–H groups in total. The minimum Gasteiger partial charge on any atom is -0.384 e. The molecule has 1 aromatic carbocycles. The van der Waals surface area contributed by atoms with Crippen LogP contribution >= 0.6 is 0 Å². The zero-order valence-electron chi connectivity index (χ0n) is 17.7. The monoisotopic (exact) mass is 388 g/mol. The second-order valence-electron chi connectivity index (χ2n) is 7.83. The normalized spacial score (nSPS) is 22.5. The Morgan fingerprint density at radius 2 is 2.14 bits per heavy atom. The molecule has 2 fully saturated rings. The van der Waals surface area contributed by atoms with Crippen molar-refractivity contribution in [2.45, 2.75) is 26.3 Å². The van der Waals surface area contributed by atoms with Gasteiger partial charge in [0.2, 0.25) is 0 Å². The van der Waals surface area contributed by atoms with Crippen molar-refractivity contribution in [3.63, 3.8) is 0 Å². The number of methoxy groups -OCH3 is 1. The number of hydrogen-bond donors (Lipinski definition) is 1. The number of nitrogens with zero attached hydrogens (tertiary/aromatic N) is 3. The zero-order chi connectivity index (χ0) is 19.8. The summed E-state index contributed by atoms with van der Waals surface area (Å²) in [6.45, 7) is 12.4. The Hall–Kier alpha value is -1.63. The molecule has 3 rings (SSSR count). The van der Waals surface area contributed by atoms with Gasteiger partial charge in [0.05, 0.1) is 32.4 Å². The first-order valence-corrected chi connectivity index (χ1v) is 10.6. The summed E-state index contributed by atoms with van der Waals surface area (Å²) in [6, 6.07) is 9.14. The summed E-state index contributed by atoms with van der Waals surface area (Å²) < 4.78 is 10.9. The molecule has 2 unspecified atom stereocenters. The van der Waals surface area contributed by atoms with Crippen LogP contribution in [0.4, 0.5) is 0 Å². The Kier molecular flexibility index (Phi) is 8.13. The van der Waals surface area contributed by atoms with Crippen LogP contribution in [0.2, 0.25) is 0 Å². The highest BCUT2D eigenvalue weighted by molar-refractivity contribution is 5.80.